The molecule has 0 spiro atoms. The predicted molar refractivity (Wildman–Crippen MR) is 61.2 cm³/mol. The maximum atomic E-state index is 10.5. The van der Waals surface area contributed by atoms with E-state index in [4.69, 9.17) is 0 Å². The van der Waals surface area contributed by atoms with Crippen LogP contribution < -0.4 is 0 Å². The molecule has 0 aliphatic heterocycles. The van der Waals surface area contributed by atoms with E-state index in [1.165, 1.54) is 12.5 Å². The predicted octanol–water partition coefficient (Wildman–Crippen LogP) is 2.81. The van der Waals surface area contributed by atoms with Gasteiger partial charge in [0.2, 0.25) is 6.08 Å². The monoisotopic (exact) mass is 217 g/mol. The zero-order chi connectivity index (χ0) is 11.4. The topological polar surface area (TPSA) is 49.7 Å². The van der Waals surface area contributed by atoms with Gasteiger partial charge >= 0.3 is 0 Å². The molecular formula is C13H15NO2. The van der Waals surface area contributed by atoms with Gasteiger partial charge in [-0.2, -0.15) is 4.99 Å². The van der Waals surface area contributed by atoms with Crippen molar-refractivity contribution in [1.29, 1.82) is 0 Å². The molecule has 0 heterocycles. The van der Waals surface area contributed by atoms with Crippen LogP contribution in [0.25, 0.3) is 0 Å². The van der Waals surface area contributed by atoms with Crippen LogP contribution in [-0.2, 0) is 10.4 Å². The summed E-state index contributed by atoms with van der Waals surface area (Å²) in [5.41, 5.74) is 0.831. The molecule has 0 bridgehead atoms. The molecule has 1 N–H and O–H groups in total. The van der Waals surface area contributed by atoms with Gasteiger partial charge in [-0.05, 0) is 30.5 Å². The highest BCUT2D eigenvalue weighted by atomic mass is 16.3. The van der Waals surface area contributed by atoms with Gasteiger partial charge in [0.15, 0.2) is 0 Å². The Bertz CT molecular complexity index is 398. The van der Waals surface area contributed by atoms with E-state index in [0.29, 0.717) is 5.69 Å². The number of isocyanates is 1. The molecule has 3 heteroatoms. The van der Waals surface area contributed by atoms with Crippen LogP contribution in [0.4, 0.5) is 5.69 Å². The van der Waals surface area contributed by atoms with Crippen LogP contribution in [-0.4, -0.2) is 11.2 Å². The summed E-state index contributed by atoms with van der Waals surface area (Å²) in [5, 5.41) is 10.5. The molecule has 2 rings (SSSR count). The zero-order valence-electron chi connectivity index (χ0n) is 9.15. The summed E-state index contributed by atoms with van der Waals surface area (Å²) in [6.07, 6.45) is 6.50. The average molecular weight is 217 g/mol. The van der Waals surface area contributed by atoms with Crippen molar-refractivity contribution >= 4 is 11.8 Å². The van der Waals surface area contributed by atoms with Crippen molar-refractivity contribution < 1.29 is 9.90 Å². The minimum absolute atomic E-state index is 0.582. The Balaban J connectivity index is 2.23. The standard InChI is InChI=1S/C13H15NO2/c15-10-14-12-6-4-11(5-7-12)13(16)8-2-1-3-9-13/h4-7,16H,1-3,8-9H2. The quantitative estimate of drug-likeness (QED) is 0.611. The SMILES string of the molecule is O=C=Nc1ccc(C2(O)CCCCC2)cc1. The molecule has 1 aromatic carbocycles. The molecule has 1 fully saturated rings. The molecule has 3 nitrogen and oxygen atoms in total. The lowest BCUT2D eigenvalue weighted by atomic mass is 9.80. The fraction of sp³-hybridized carbons (Fsp3) is 0.462. The van der Waals surface area contributed by atoms with Crippen LogP contribution in [0.5, 0.6) is 0 Å². The van der Waals surface area contributed by atoms with Crippen molar-refractivity contribution in [3.05, 3.63) is 29.8 Å². The Labute approximate surface area is 94.8 Å². The number of hydrogen-bond acceptors (Lipinski definition) is 3. The number of aliphatic imine (C=N–C) groups is 1. The Morgan fingerprint density at radius 1 is 1.12 bits per heavy atom. The number of benzene rings is 1. The molecular weight excluding hydrogens is 202 g/mol. The second kappa shape index (κ2) is 4.60. The smallest absolute Gasteiger partial charge is 0.240 e. The first kappa shape index (κ1) is 11.1. The molecule has 84 valence electrons. The lowest BCUT2D eigenvalue weighted by Crippen LogP contribution is -2.28. The van der Waals surface area contributed by atoms with Gasteiger partial charge in [-0.15, -0.1) is 0 Å². The van der Waals surface area contributed by atoms with E-state index in [1.807, 2.05) is 12.1 Å². The summed E-state index contributed by atoms with van der Waals surface area (Å²) in [5.74, 6) is 0. The molecule has 1 saturated carbocycles. The van der Waals surface area contributed by atoms with Gasteiger partial charge in [0.25, 0.3) is 0 Å². The number of carbonyl (C=O) groups excluding carboxylic acids is 1. The number of nitrogens with zero attached hydrogens (tertiary/aromatic N) is 1. The van der Waals surface area contributed by atoms with Gasteiger partial charge in [-0.1, -0.05) is 31.4 Å². The first-order chi connectivity index (χ1) is 7.74. The van der Waals surface area contributed by atoms with Crippen LogP contribution in [0, 0.1) is 0 Å². The second-order valence-electron chi connectivity index (χ2n) is 4.34. The van der Waals surface area contributed by atoms with Crippen molar-refractivity contribution in [3.8, 4) is 0 Å². The Morgan fingerprint density at radius 3 is 2.31 bits per heavy atom. The van der Waals surface area contributed by atoms with Gasteiger partial charge in [0.1, 0.15) is 0 Å². The Kier molecular flexibility index (Phi) is 3.18. The van der Waals surface area contributed by atoms with Crippen LogP contribution in [0.1, 0.15) is 37.7 Å². The van der Waals surface area contributed by atoms with E-state index >= 15 is 0 Å². The summed E-state index contributed by atoms with van der Waals surface area (Å²) < 4.78 is 0. The summed E-state index contributed by atoms with van der Waals surface area (Å²) in [6.45, 7) is 0. The van der Waals surface area contributed by atoms with Crippen LogP contribution in [0.3, 0.4) is 0 Å². The van der Waals surface area contributed by atoms with Crippen LogP contribution in [0.2, 0.25) is 0 Å². The minimum atomic E-state index is -0.679. The Hall–Kier alpha value is -1.44. The van der Waals surface area contributed by atoms with E-state index in [2.05, 4.69) is 4.99 Å². The van der Waals surface area contributed by atoms with E-state index in [-0.39, 0.29) is 0 Å². The summed E-state index contributed by atoms with van der Waals surface area (Å²) in [7, 11) is 0. The third kappa shape index (κ3) is 2.21. The molecule has 16 heavy (non-hydrogen) atoms. The first-order valence-corrected chi connectivity index (χ1v) is 5.65. The summed E-state index contributed by atoms with van der Waals surface area (Å²) >= 11 is 0. The highest BCUT2D eigenvalue weighted by molar-refractivity contribution is 5.49. The van der Waals surface area contributed by atoms with Crippen LogP contribution >= 0.6 is 0 Å². The van der Waals surface area contributed by atoms with E-state index in [1.54, 1.807) is 12.1 Å². The fourth-order valence-corrected chi connectivity index (χ4v) is 2.32. The highest BCUT2D eigenvalue weighted by Crippen LogP contribution is 2.37. The molecule has 1 aromatic rings. The molecule has 0 amide bonds. The van der Waals surface area contributed by atoms with Crippen molar-refractivity contribution in [2.75, 3.05) is 0 Å². The second-order valence-corrected chi connectivity index (χ2v) is 4.34. The zero-order valence-corrected chi connectivity index (χ0v) is 9.15. The van der Waals surface area contributed by atoms with Gasteiger partial charge in [-0.3, -0.25) is 0 Å². The molecule has 0 radical (unpaired) electrons. The summed E-state index contributed by atoms with van der Waals surface area (Å²) in [4.78, 5) is 13.6. The lowest BCUT2D eigenvalue weighted by molar-refractivity contribution is -0.000610. The highest BCUT2D eigenvalue weighted by Gasteiger charge is 2.30. The van der Waals surface area contributed by atoms with Gasteiger partial charge < -0.3 is 5.11 Å². The van der Waals surface area contributed by atoms with E-state index in [9.17, 15) is 9.90 Å². The largest absolute Gasteiger partial charge is 0.385 e. The maximum Gasteiger partial charge on any atom is 0.240 e. The fourth-order valence-electron chi connectivity index (χ4n) is 2.32. The maximum absolute atomic E-state index is 10.5. The molecule has 0 saturated heterocycles. The molecule has 1 aliphatic carbocycles. The number of aliphatic hydroxyl groups is 1. The molecule has 0 unspecified atom stereocenters. The van der Waals surface area contributed by atoms with Crippen molar-refractivity contribution in [2.24, 2.45) is 4.99 Å². The van der Waals surface area contributed by atoms with E-state index < -0.39 is 5.60 Å². The third-order valence-electron chi connectivity index (χ3n) is 3.26. The molecule has 0 atom stereocenters. The van der Waals surface area contributed by atoms with E-state index in [0.717, 1.165) is 31.2 Å². The number of rotatable bonds is 2. The van der Waals surface area contributed by atoms with Crippen molar-refractivity contribution in [2.45, 2.75) is 37.7 Å². The minimum Gasteiger partial charge on any atom is -0.385 e. The van der Waals surface area contributed by atoms with Crippen LogP contribution in [0.15, 0.2) is 29.3 Å². The van der Waals surface area contributed by atoms with Crippen molar-refractivity contribution in [3.63, 3.8) is 0 Å². The van der Waals surface area contributed by atoms with Gasteiger partial charge in [0, 0.05) is 0 Å². The normalized spacial score (nSPS) is 18.8. The third-order valence-corrected chi connectivity index (χ3v) is 3.26. The average Bonchev–Trinajstić information content (AvgIpc) is 2.31. The van der Waals surface area contributed by atoms with Crippen molar-refractivity contribution in [1.82, 2.24) is 0 Å². The van der Waals surface area contributed by atoms with Gasteiger partial charge in [0.05, 0.1) is 11.3 Å². The lowest BCUT2D eigenvalue weighted by Gasteiger charge is -2.32. The molecule has 0 aromatic heterocycles. The number of hydrogen-bond donors (Lipinski definition) is 1. The molecule has 1 aliphatic rings. The first-order valence-electron chi connectivity index (χ1n) is 5.65. The Morgan fingerprint density at radius 2 is 1.75 bits per heavy atom. The van der Waals surface area contributed by atoms with Gasteiger partial charge in [-0.25, -0.2) is 4.79 Å². The summed E-state index contributed by atoms with van der Waals surface area (Å²) in [6, 6.07) is 7.18.